The number of hydrogen-bond acceptors (Lipinski definition) is 6. The molecule has 0 aliphatic carbocycles. The summed E-state index contributed by atoms with van der Waals surface area (Å²) < 4.78 is 11.9. The van der Waals surface area contributed by atoms with Gasteiger partial charge in [-0.25, -0.2) is 9.59 Å². The number of carbonyl (C=O) groups is 2. The lowest BCUT2D eigenvalue weighted by Gasteiger charge is -2.13. The lowest BCUT2D eigenvalue weighted by molar-refractivity contribution is -0.123. The SMILES string of the molecule is Cc1nn(C)c(C)c1NC(=O)[C@@H](C)OC(=O)c1cc2ccccc2oc1=O. The van der Waals surface area contributed by atoms with Crippen molar-refractivity contribution in [1.29, 1.82) is 0 Å². The van der Waals surface area contributed by atoms with E-state index >= 15 is 0 Å². The van der Waals surface area contributed by atoms with E-state index in [0.29, 0.717) is 22.4 Å². The van der Waals surface area contributed by atoms with Crippen LogP contribution in [-0.4, -0.2) is 27.8 Å². The van der Waals surface area contributed by atoms with Crippen molar-refractivity contribution in [2.75, 3.05) is 5.32 Å². The maximum Gasteiger partial charge on any atom is 0.351 e. The maximum absolute atomic E-state index is 12.4. The monoisotopic (exact) mass is 369 g/mol. The van der Waals surface area contributed by atoms with Crippen LogP contribution >= 0.6 is 0 Å². The molecule has 0 aliphatic heterocycles. The van der Waals surface area contributed by atoms with Crippen molar-refractivity contribution in [1.82, 2.24) is 9.78 Å². The second-order valence-electron chi connectivity index (χ2n) is 6.19. The van der Waals surface area contributed by atoms with E-state index in [2.05, 4.69) is 10.4 Å². The molecule has 8 heteroatoms. The van der Waals surface area contributed by atoms with Gasteiger partial charge in [0.25, 0.3) is 5.91 Å². The molecule has 0 fully saturated rings. The number of aryl methyl sites for hydroxylation is 2. The smallest absolute Gasteiger partial charge is 0.351 e. The Bertz CT molecular complexity index is 1100. The zero-order chi connectivity index (χ0) is 19.7. The number of amides is 1. The Morgan fingerprint density at radius 3 is 2.63 bits per heavy atom. The van der Waals surface area contributed by atoms with Crippen LogP contribution in [0.15, 0.2) is 39.5 Å². The van der Waals surface area contributed by atoms with Gasteiger partial charge in [-0.3, -0.25) is 9.48 Å². The lowest BCUT2D eigenvalue weighted by atomic mass is 10.2. The highest BCUT2D eigenvalue weighted by molar-refractivity contribution is 5.98. The first kappa shape index (κ1) is 18.4. The van der Waals surface area contributed by atoms with Crippen molar-refractivity contribution >= 4 is 28.5 Å². The number of anilines is 1. The van der Waals surface area contributed by atoms with Crippen molar-refractivity contribution < 1.29 is 18.7 Å². The van der Waals surface area contributed by atoms with Crippen LogP contribution < -0.4 is 10.9 Å². The van der Waals surface area contributed by atoms with Crippen LogP contribution in [-0.2, 0) is 16.6 Å². The zero-order valence-electron chi connectivity index (χ0n) is 15.4. The van der Waals surface area contributed by atoms with E-state index in [1.807, 2.05) is 6.92 Å². The molecule has 1 amide bonds. The Morgan fingerprint density at radius 2 is 1.96 bits per heavy atom. The standard InChI is InChI=1S/C19H19N3O5/c1-10-16(11(2)22(4)21-10)20-17(23)12(3)26-18(24)14-9-13-7-5-6-8-15(13)27-19(14)25/h5-9,12H,1-4H3,(H,20,23)/t12-/m1/s1. The molecule has 3 aromatic rings. The summed E-state index contributed by atoms with van der Waals surface area (Å²) in [6.07, 6.45) is -1.11. The van der Waals surface area contributed by atoms with Crippen molar-refractivity contribution in [3.8, 4) is 0 Å². The Morgan fingerprint density at radius 1 is 1.26 bits per heavy atom. The Kier molecular flexibility index (Phi) is 4.81. The molecule has 0 bridgehead atoms. The lowest BCUT2D eigenvalue weighted by Crippen LogP contribution is -2.31. The quantitative estimate of drug-likeness (QED) is 0.559. The zero-order valence-corrected chi connectivity index (χ0v) is 15.4. The van der Waals surface area contributed by atoms with Crippen LogP contribution in [0.3, 0.4) is 0 Å². The second-order valence-corrected chi connectivity index (χ2v) is 6.19. The van der Waals surface area contributed by atoms with Crippen LogP contribution in [0.2, 0.25) is 0 Å². The fraction of sp³-hybridized carbons (Fsp3) is 0.263. The predicted molar refractivity (Wildman–Crippen MR) is 98.7 cm³/mol. The van der Waals surface area contributed by atoms with Gasteiger partial charge in [-0.2, -0.15) is 5.10 Å². The summed E-state index contributed by atoms with van der Waals surface area (Å²) >= 11 is 0. The second kappa shape index (κ2) is 7.06. The molecule has 0 saturated heterocycles. The largest absolute Gasteiger partial charge is 0.449 e. The van der Waals surface area contributed by atoms with Crippen LogP contribution in [0.4, 0.5) is 5.69 Å². The summed E-state index contributed by atoms with van der Waals surface area (Å²) in [4.78, 5) is 36.7. The molecule has 3 rings (SSSR count). The van der Waals surface area contributed by atoms with Gasteiger partial charge in [0.15, 0.2) is 6.10 Å². The van der Waals surface area contributed by atoms with Crippen molar-refractivity contribution in [2.45, 2.75) is 26.9 Å². The van der Waals surface area contributed by atoms with Gasteiger partial charge in [0, 0.05) is 12.4 Å². The van der Waals surface area contributed by atoms with Crippen LogP contribution in [0.5, 0.6) is 0 Å². The number of para-hydroxylation sites is 1. The van der Waals surface area contributed by atoms with E-state index in [-0.39, 0.29) is 5.56 Å². The van der Waals surface area contributed by atoms with Crippen molar-refractivity contribution in [3.05, 3.63) is 57.7 Å². The Hall–Kier alpha value is -3.42. The van der Waals surface area contributed by atoms with Gasteiger partial charge in [0.05, 0.1) is 17.1 Å². The highest BCUT2D eigenvalue weighted by Gasteiger charge is 2.23. The number of rotatable bonds is 4. The van der Waals surface area contributed by atoms with Gasteiger partial charge in [0.1, 0.15) is 11.1 Å². The van der Waals surface area contributed by atoms with Gasteiger partial charge < -0.3 is 14.5 Å². The van der Waals surface area contributed by atoms with Crippen LogP contribution in [0.25, 0.3) is 11.0 Å². The van der Waals surface area contributed by atoms with E-state index < -0.39 is 23.6 Å². The summed E-state index contributed by atoms with van der Waals surface area (Å²) in [5.74, 6) is -1.44. The average molecular weight is 369 g/mol. The minimum absolute atomic E-state index is 0.262. The number of carbonyl (C=O) groups excluding carboxylic acids is 2. The number of aromatic nitrogens is 2. The van der Waals surface area contributed by atoms with E-state index in [4.69, 9.17) is 9.15 Å². The summed E-state index contributed by atoms with van der Waals surface area (Å²) in [5, 5.41) is 7.50. The number of nitrogens with zero attached hydrogens (tertiary/aromatic N) is 2. The first-order valence-corrected chi connectivity index (χ1v) is 8.33. The maximum atomic E-state index is 12.4. The molecule has 2 aromatic heterocycles. The van der Waals surface area contributed by atoms with Crippen LogP contribution in [0.1, 0.15) is 28.7 Å². The molecule has 0 unspecified atom stereocenters. The Labute approximate surface area is 154 Å². The Balaban J connectivity index is 1.76. The molecule has 8 nitrogen and oxygen atoms in total. The topological polar surface area (TPSA) is 103 Å². The predicted octanol–water partition coefficient (Wildman–Crippen LogP) is 2.33. The average Bonchev–Trinajstić information content (AvgIpc) is 2.87. The molecule has 1 N–H and O–H groups in total. The highest BCUT2D eigenvalue weighted by Crippen LogP contribution is 2.19. The third-order valence-electron chi connectivity index (χ3n) is 4.27. The summed E-state index contributed by atoms with van der Waals surface area (Å²) in [7, 11) is 1.76. The third kappa shape index (κ3) is 3.59. The molecule has 0 radical (unpaired) electrons. The minimum Gasteiger partial charge on any atom is -0.449 e. The number of ether oxygens (including phenoxy) is 1. The van der Waals surface area contributed by atoms with Crippen LogP contribution in [0, 0.1) is 13.8 Å². The summed E-state index contributed by atoms with van der Waals surface area (Å²) in [6, 6.07) is 8.20. The molecule has 2 heterocycles. The van der Waals surface area contributed by atoms with Gasteiger partial charge in [-0.1, -0.05) is 18.2 Å². The van der Waals surface area contributed by atoms with Crippen molar-refractivity contribution in [2.24, 2.45) is 7.05 Å². The number of esters is 1. The van der Waals surface area contributed by atoms with Gasteiger partial charge in [-0.15, -0.1) is 0 Å². The summed E-state index contributed by atoms with van der Waals surface area (Å²) in [5.41, 5.74) is 1.28. The molecule has 0 aliphatic rings. The van der Waals surface area contributed by atoms with Crippen molar-refractivity contribution in [3.63, 3.8) is 0 Å². The highest BCUT2D eigenvalue weighted by atomic mass is 16.5. The summed E-state index contributed by atoms with van der Waals surface area (Å²) in [6.45, 7) is 5.00. The van der Waals surface area contributed by atoms with E-state index in [1.54, 1.807) is 42.9 Å². The third-order valence-corrected chi connectivity index (χ3v) is 4.27. The first-order chi connectivity index (χ1) is 12.8. The van der Waals surface area contributed by atoms with Gasteiger partial charge in [-0.05, 0) is 32.9 Å². The molecule has 0 saturated carbocycles. The van der Waals surface area contributed by atoms with E-state index in [1.165, 1.54) is 13.0 Å². The molecule has 1 aromatic carbocycles. The molecule has 0 spiro atoms. The molecule has 1 atom stereocenters. The fourth-order valence-electron chi connectivity index (χ4n) is 2.66. The fourth-order valence-corrected chi connectivity index (χ4v) is 2.66. The number of fused-ring (bicyclic) bond motifs is 1. The van der Waals surface area contributed by atoms with Gasteiger partial charge in [0.2, 0.25) is 0 Å². The molecule has 27 heavy (non-hydrogen) atoms. The molecule has 140 valence electrons. The first-order valence-electron chi connectivity index (χ1n) is 8.33. The number of benzene rings is 1. The molecular formula is C19H19N3O5. The number of hydrogen-bond donors (Lipinski definition) is 1. The van der Waals surface area contributed by atoms with Gasteiger partial charge >= 0.3 is 11.6 Å². The molecular weight excluding hydrogens is 350 g/mol. The minimum atomic E-state index is -1.11. The number of nitrogens with one attached hydrogen (secondary N) is 1. The van der Waals surface area contributed by atoms with E-state index in [0.717, 1.165) is 5.69 Å². The van der Waals surface area contributed by atoms with E-state index in [9.17, 15) is 14.4 Å². The normalized spacial score (nSPS) is 12.0.